The Morgan fingerprint density at radius 3 is 1.22 bits per heavy atom. The number of hydrogen-bond acceptors (Lipinski definition) is 5. The van der Waals surface area contributed by atoms with Crippen molar-refractivity contribution in [2.24, 2.45) is 0 Å². The Balaban J connectivity index is 2.05. The monoisotopic (exact) mass is 362 g/mol. The van der Waals surface area contributed by atoms with E-state index in [2.05, 4.69) is 0 Å². The number of rotatable bonds is 2. The topological polar surface area (TPSA) is 90.2 Å². The number of hydrogen-bond donors (Lipinski definition) is 4. The largest absolute Gasteiger partial charge is 0.504 e. The highest BCUT2D eigenvalue weighted by molar-refractivity contribution is 5.99. The van der Waals surface area contributed by atoms with Crippen molar-refractivity contribution in [1.29, 1.82) is 0 Å². The molecular weight excluding hydrogens is 344 g/mol. The normalized spacial score (nSPS) is 11.2. The van der Waals surface area contributed by atoms with E-state index in [4.69, 9.17) is 4.74 Å². The van der Waals surface area contributed by atoms with Gasteiger partial charge in [0.1, 0.15) is 0 Å². The SMILES string of the molecule is Cc1c(O)c(O)c(Oc2c(O)c(O)c(C)c3ccccc23)c2ccccc12. The first-order chi connectivity index (χ1) is 12.9. The third-order valence-corrected chi connectivity index (χ3v) is 4.94. The first kappa shape index (κ1) is 16.8. The quantitative estimate of drug-likeness (QED) is 0.367. The van der Waals surface area contributed by atoms with Gasteiger partial charge in [-0.2, -0.15) is 0 Å². The van der Waals surface area contributed by atoms with Gasteiger partial charge in [0.2, 0.25) is 11.5 Å². The number of benzene rings is 4. The summed E-state index contributed by atoms with van der Waals surface area (Å²) in [5.41, 5.74) is 1.05. The Hall–Kier alpha value is -3.60. The third kappa shape index (κ3) is 2.39. The lowest BCUT2D eigenvalue weighted by atomic mass is 10.0. The number of phenolic OH excluding ortho intramolecular Hbond substituents is 4. The number of aryl methyl sites for hydroxylation is 2. The standard InChI is InChI=1S/C22H18O5/c1-11-13-7-3-5-9-15(13)21(19(25)17(11)23)27-22-16-10-6-4-8-14(16)12(2)18(24)20(22)26/h3-10,23-26H,1-2H3. The van der Waals surface area contributed by atoms with Crippen molar-refractivity contribution in [1.82, 2.24) is 0 Å². The second kappa shape index (κ2) is 5.99. The Morgan fingerprint density at radius 1 is 0.519 bits per heavy atom. The number of ether oxygens (including phenoxy) is 1. The van der Waals surface area contributed by atoms with E-state index in [-0.39, 0.29) is 23.0 Å². The predicted octanol–water partition coefficient (Wildman–Crippen LogP) is 5.22. The molecule has 0 saturated heterocycles. The lowest BCUT2D eigenvalue weighted by Gasteiger charge is -2.18. The van der Waals surface area contributed by atoms with Crippen molar-refractivity contribution in [3.05, 3.63) is 59.7 Å². The van der Waals surface area contributed by atoms with Crippen LogP contribution in [0.2, 0.25) is 0 Å². The maximum Gasteiger partial charge on any atom is 0.202 e. The molecule has 0 heterocycles. The Labute approximate surface area is 155 Å². The van der Waals surface area contributed by atoms with E-state index in [0.717, 1.165) is 0 Å². The molecule has 4 aromatic carbocycles. The van der Waals surface area contributed by atoms with Crippen LogP contribution < -0.4 is 4.74 Å². The maximum atomic E-state index is 10.5. The van der Waals surface area contributed by atoms with E-state index in [0.29, 0.717) is 32.7 Å². The summed E-state index contributed by atoms with van der Waals surface area (Å²) in [6.45, 7) is 3.40. The molecule has 4 rings (SSSR count). The van der Waals surface area contributed by atoms with Crippen molar-refractivity contribution in [2.75, 3.05) is 0 Å². The fourth-order valence-corrected chi connectivity index (χ4v) is 3.41. The molecule has 0 aliphatic carbocycles. The van der Waals surface area contributed by atoms with Crippen molar-refractivity contribution >= 4 is 21.5 Å². The zero-order valence-corrected chi connectivity index (χ0v) is 14.8. The molecule has 27 heavy (non-hydrogen) atoms. The first-order valence-electron chi connectivity index (χ1n) is 8.46. The summed E-state index contributed by atoms with van der Waals surface area (Å²) in [6.07, 6.45) is 0. The second-order valence-electron chi connectivity index (χ2n) is 6.50. The van der Waals surface area contributed by atoms with Crippen molar-refractivity contribution in [3.63, 3.8) is 0 Å². The van der Waals surface area contributed by atoms with Gasteiger partial charge in [0.05, 0.1) is 0 Å². The summed E-state index contributed by atoms with van der Waals surface area (Å²) < 4.78 is 5.92. The average molecular weight is 362 g/mol. The molecule has 0 atom stereocenters. The number of fused-ring (bicyclic) bond motifs is 2. The van der Waals surface area contributed by atoms with Gasteiger partial charge in [0.15, 0.2) is 23.0 Å². The molecule has 0 unspecified atom stereocenters. The van der Waals surface area contributed by atoms with Crippen LogP contribution in [0, 0.1) is 13.8 Å². The minimum atomic E-state index is -0.422. The minimum absolute atomic E-state index is 0.0115. The summed E-state index contributed by atoms with van der Waals surface area (Å²) in [6, 6.07) is 14.3. The summed E-state index contributed by atoms with van der Waals surface area (Å²) >= 11 is 0. The molecule has 4 aromatic rings. The van der Waals surface area contributed by atoms with E-state index in [1.807, 2.05) is 12.1 Å². The maximum absolute atomic E-state index is 10.5. The van der Waals surface area contributed by atoms with Crippen LogP contribution in [0.1, 0.15) is 11.1 Å². The lowest BCUT2D eigenvalue weighted by Crippen LogP contribution is -1.93. The Bertz CT molecular complexity index is 1120. The van der Waals surface area contributed by atoms with Crippen molar-refractivity contribution in [2.45, 2.75) is 13.8 Å². The van der Waals surface area contributed by atoms with Gasteiger partial charge in [-0.05, 0) is 24.6 Å². The molecule has 0 radical (unpaired) electrons. The Kier molecular flexibility index (Phi) is 3.73. The van der Waals surface area contributed by atoms with Crippen LogP contribution in [0.5, 0.6) is 34.5 Å². The Morgan fingerprint density at radius 2 is 0.852 bits per heavy atom. The van der Waals surface area contributed by atoms with E-state index >= 15 is 0 Å². The van der Waals surface area contributed by atoms with Gasteiger partial charge in [0.25, 0.3) is 0 Å². The number of phenols is 4. The van der Waals surface area contributed by atoms with Crippen LogP contribution >= 0.6 is 0 Å². The average Bonchev–Trinajstić information content (AvgIpc) is 2.70. The second-order valence-corrected chi connectivity index (χ2v) is 6.50. The molecule has 4 N–H and O–H groups in total. The predicted molar refractivity (Wildman–Crippen MR) is 104 cm³/mol. The van der Waals surface area contributed by atoms with E-state index in [1.165, 1.54) is 0 Å². The zero-order chi connectivity index (χ0) is 19.3. The van der Waals surface area contributed by atoms with Crippen molar-refractivity contribution in [3.8, 4) is 34.5 Å². The zero-order valence-electron chi connectivity index (χ0n) is 14.8. The molecule has 0 aliphatic heterocycles. The van der Waals surface area contributed by atoms with Gasteiger partial charge in [-0.15, -0.1) is 0 Å². The third-order valence-electron chi connectivity index (χ3n) is 4.94. The van der Waals surface area contributed by atoms with Gasteiger partial charge in [0, 0.05) is 21.9 Å². The van der Waals surface area contributed by atoms with E-state index < -0.39 is 11.5 Å². The van der Waals surface area contributed by atoms with Crippen LogP contribution in [0.3, 0.4) is 0 Å². The van der Waals surface area contributed by atoms with Crippen LogP contribution in [0.15, 0.2) is 48.5 Å². The van der Waals surface area contributed by atoms with E-state index in [9.17, 15) is 20.4 Å². The van der Waals surface area contributed by atoms with E-state index in [1.54, 1.807) is 50.2 Å². The molecule has 0 bridgehead atoms. The smallest absolute Gasteiger partial charge is 0.202 e. The molecule has 0 aliphatic rings. The van der Waals surface area contributed by atoms with Gasteiger partial charge in [-0.25, -0.2) is 0 Å². The molecule has 0 saturated carbocycles. The van der Waals surface area contributed by atoms with Crippen LogP contribution in [-0.2, 0) is 0 Å². The van der Waals surface area contributed by atoms with Gasteiger partial charge in [-0.1, -0.05) is 48.5 Å². The number of aromatic hydroxyl groups is 4. The van der Waals surface area contributed by atoms with Crippen LogP contribution in [0.25, 0.3) is 21.5 Å². The molecular formula is C22H18O5. The highest BCUT2D eigenvalue weighted by Gasteiger charge is 2.23. The molecule has 0 spiro atoms. The van der Waals surface area contributed by atoms with Crippen LogP contribution in [-0.4, -0.2) is 20.4 Å². The molecule has 136 valence electrons. The fraction of sp³-hybridized carbons (Fsp3) is 0.0909. The summed E-state index contributed by atoms with van der Waals surface area (Å²) in [7, 11) is 0. The first-order valence-corrected chi connectivity index (χ1v) is 8.46. The molecule has 5 nitrogen and oxygen atoms in total. The summed E-state index contributed by atoms with van der Waals surface area (Å²) in [5, 5.41) is 44.2. The van der Waals surface area contributed by atoms with Gasteiger partial charge in [-0.3, -0.25) is 0 Å². The molecule has 0 fully saturated rings. The highest BCUT2D eigenvalue weighted by Crippen LogP contribution is 2.51. The van der Waals surface area contributed by atoms with Crippen molar-refractivity contribution < 1.29 is 25.2 Å². The van der Waals surface area contributed by atoms with Crippen LogP contribution in [0.4, 0.5) is 0 Å². The molecule has 5 heteroatoms. The van der Waals surface area contributed by atoms with Gasteiger partial charge >= 0.3 is 0 Å². The fourth-order valence-electron chi connectivity index (χ4n) is 3.41. The lowest BCUT2D eigenvalue weighted by molar-refractivity contribution is 0.355. The molecule has 0 amide bonds. The summed E-state index contributed by atoms with van der Waals surface area (Å²) in [5.74, 6) is -1.40. The molecule has 0 aromatic heterocycles. The highest BCUT2D eigenvalue weighted by atomic mass is 16.5. The minimum Gasteiger partial charge on any atom is -0.504 e. The van der Waals surface area contributed by atoms with Gasteiger partial charge < -0.3 is 25.2 Å². The summed E-state index contributed by atoms with van der Waals surface area (Å²) in [4.78, 5) is 0.